The lowest BCUT2D eigenvalue weighted by Crippen LogP contribution is -1.97. The summed E-state index contributed by atoms with van der Waals surface area (Å²) >= 11 is 2.04. The Morgan fingerprint density at radius 3 is 2.06 bits per heavy atom. The Morgan fingerprint density at radius 1 is 1.06 bits per heavy atom. The number of hydrogen-bond donors (Lipinski definition) is 1. The fraction of sp³-hybridized carbons (Fsp3) is 0. The molecule has 6 heteroatoms. The van der Waals surface area contributed by atoms with Crippen LogP contribution in [0.3, 0.4) is 0 Å². The highest BCUT2D eigenvalue weighted by molar-refractivity contribution is 14.1. The van der Waals surface area contributed by atoms with Crippen LogP contribution >= 0.6 is 22.6 Å². The second-order valence-electron chi connectivity index (χ2n) is 3.08. The summed E-state index contributed by atoms with van der Waals surface area (Å²) in [5.74, 6) is -1.35. The summed E-state index contributed by atoms with van der Waals surface area (Å²) in [5.41, 5.74) is 4.93. The zero-order chi connectivity index (χ0) is 11.7. The van der Waals surface area contributed by atoms with Crippen molar-refractivity contribution in [3.63, 3.8) is 0 Å². The normalized spacial score (nSPS) is 10.4. The summed E-state index contributed by atoms with van der Waals surface area (Å²) in [6.07, 6.45) is 3.13. The van der Waals surface area contributed by atoms with Gasteiger partial charge in [0.1, 0.15) is 17.3 Å². The Balaban J connectivity index is 2.52. The van der Waals surface area contributed by atoms with Crippen molar-refractivity contribution < 1.29 is 8.78 Å². The first kappa shape index (κ1) is 11.2. The standard InChI is InChI=1S/C10H6F2IN3/c11-7-1-5(2-8(12)9(7)14)10-15-3-6(13)4-16-10/h1-4H,14H2. The first-order valence-electron chi connectivity index (χ1n) is 4.30. The maximum Gasteiger partial charge on any atom is 0.159 e. The van der Waals surface area contributed by atoms with E-state index in [0.29, 0.717) is 0 Å². The molecule has 1 aromatic heterocycles. The molecule has 2 aromatic rings. The van der Waals surface area contributed by atoms with E-state index in [4.69, 9.17) is 5.73 Å². The molecule has 1 aromatic carbocycles. The van der Waals surface area contributed by atoms with Gasteiger partial charge in [0.2, 0.25) is 0 Å². The van der Waals surface area contributed by atoms with Gasteiger partial charge in [0.05, 0.1) is 0 Å². The number of halogens is 3. The quantitative estimate of drug-likeness (QED) is 0.645. The van der Waals surface area contributed by atoms with Crippen molar-refractivity contribution in [3.8, 4) is 11.4 Å². The summed E-state index contributed by atoms with van der Waals surface area (Å²) < 4.78 is 27.2. The summed E-state index contributed by atoms with van der Waals surface area (Å²) in [6, 6.07) is 2.22. The van der Waals surface area contributed by atoms with Crippen LogP contribution in [0.4, 0.5) is 14.5 Å². The number of nitrogens with zero attached hydrogens (tertiary/aromatic N) is 2. The van der Waals surface area contributed by atoms with Gasteiger partial charge in [-0.25, -0.2) is 18.7 Å². The van der Waals surface area contributed by atoms with Crippen LogP contribution in [0, 0.1) is 15.2 Å². The molecule has 1 heterocycles. The van der Waals surface area contributed by atoms with Gasteiger partial charge in [-0.05, 0) is 34.7 Å². The van der Waals surface area contributed by atoms with Crippen LogP contribution in [0.2, 0.25) is 0 Å². The smallest absolute Gasteiger partial charge is 0.159 e. The zero-order valence-electron chi connectivity index (χ0n) is 7.92. The van der Waals surface area contributed by atoms with Gasteiger partial charge in [-0.15, -0.1) is 0 Å². The van der Waals surface area contributed by atoms with Gasteiger partial charge in [-0.3, -0.25) is 0 Å². The van der Waals surface area contributed by atoms with Crippen LogP contribution in [0.5, 0.6) is 0 Å². The molecule has 82 valence electrons. The molecule has 2 rings (SSSR count). The van der Waals surface area contributed by atoms with E-state index in [1.165, 1.54) is 0 Å². The van der Waals surface area contributed by atoms with Crippen molar-refractivity contribution in [1.29, 1.82) is 0 Å². The van der Waals surface area contributed by atoms with Crippen LogP contribution in [-0.2, 0) is 0 Å². The lowest BCUT2D eigenvalue weighted by Gasteiger charge is -2.03. The fourth-order valence-electron chi connectivity index (χ4n) is 1.17. The molecule has 2 N–H and O–H groups in total. The lowest BCUT2D eigenvalue weighted by molar-refractivity contribution is 0.592. The Labute approximate surface area is 104 Å². The molecule has 0 saturated carbocycles. The lowest BCUT2D eigenvalue weighted by atomic mass is 10.2. The van der Waals surface area contributed by atoms with Crippen molar-refractivity contribution in [2.24, 2.45) is 0 Å². The summed E-state index contributed by atoms with van der Waals surface area (Å²) in [4.78, 5) is 7.94. The Bertz CT molecular complexity index is 505. The van der Waals surface area contributed by atoms with E-state index in [2.05, 4.69) is 9.97 Å². The molecule has 0 radical (unpaired) electrons. The van der Waals surface area contributed by atoms with E-state index in [0.717, 1.165) is 15.7 Å². The molecular weight excluding hydrogens is 327 g/mol. The fourth-order valence-corrected chi connectivity index (χ4v) is 1.45. The van der Waals surface area contributed by atoms with E-state index in [9.17, 15) is 8.78 Å². The maximum absolute atomic E-state index is 13.2. The third-order valence-electron chi connectivity index (χ3n) is 1.96. The highest BCUT2D eigenvalue weighted by atomic mass is 127. The number of rotatable bonds is 1. The Kier molecular flexibility index (Phi) is 2.99. The number of nitrogens with two attached hydrogens (primary N) is 1. The first-order chi connectivity index (χ1) is 7.58. The molecule has 0 aliphatic carbocycles. The van der Waals surface area contributed by atoms with E-state index in [1.807, 2.05) is 22.6 Å². The minimum absolute atomic E-state index is 0.262. The molecule has 0 aliphatic rings. The van der Waals surface area contributed by atoms with Crippen molar-refractivity contribution in [3.05, 3.63) is 39.7 Å². The highest BCUT2D eigenvalue weighted by Crippen LogP contribution is 2.23. The van der Waals surface area contributed by atoms with E-state index < -0.39 is 17.3 Å². The number of nitrogen functional groups attached to an aromatic ring is 1. The van der Waals surface area contributed by atoms with Crippen molar-refractivity contribution in [2.45, 2.75) is 0 Å². The van der Waals surface area contributed by atoms with E-state index >= 15 is 0 Å². The molecular formula is C10H6F2IN3. The van der Waals surface area contributed by atoms with Crippen LogP contribution in [0.1, 0.15) is 0 Å². The average Bonchev–Trinajstić information content (AvgIpc) is 2.26. The second-order valence-corrected chi connectivity index (χ2v) is 4.32. The molecule has 0 amide bonds. The number of aromatic nitrogens is 2. The summed E-state index contributed by atoms with van der Waals surface area (Å²) in [7, 11) is 0. The van der Waals surface area contributed by atoms with Gasteiger partial charge in [0.15, 0.2) is 5.82 Å². The van der Waals surface area contributed by atoms with Crippen LogP contribution in [0.25, 0.3) is 11.4 Å². The molecule has 0 spiro atoms. The Morgan fingerprint density at radius 2 is 1.56 bits per heavy atom. The number of benzene rings is 1. The molecule has 0 unspecified atom stereocenters. The van der Waals surface area contributed by atoms with Crippen LogP contribution in [-0.4, -0.2) is 9.97 Å². The molecule has 0 saturated heterocycles. The number of anilines is 1. The van der Waals surface area contributed by atoms with E-state index in [1.54, 1.807) is 12.4 Å². The second kappa shape index (κ2) is 4.28. The third-order valence-corrected chi connectivity index (χ3v) is 2.51. The van der Waals surface area contributed by atoms with Gasteiger partial charge < -0.3 is 5.73 Å². The van der Waals surface area contributed by atoms with Gasteiger partial charge in [0, 0.05) is 21.5 Å². The molecule has 0 aliphatic heterocycles. The molecule has 0 fully saturated rings. The summed E-state index contributed by atoms with van der Waals surface area (Å²) in [6.45, 7) is 0. The largest absolute Gasteiger partial charge is 0.394 e. The molecule has 0 bridgehead atoms. The van der Waals surface area contributed by atoms with Crippen LogP contribution in [0.15, 0.2) is 24.5 Å². The molecule has 0 atom stereocenters. The third kappa shape index (κ3) is 2.11. The SMILES string of the molecule is Nc1c(F)cc(-c2ncc(I)cn2)cc1F. The van der Waals surface area contributed by atoms with Crippen molar-refractivity contribution >= 4 is 28.3 Å². The number of hydrogen-bond acceptors (Lipinski definition) is 3. The van der Waals surface area contributed by atoms with Gasteiger partial charge in [0.25, 0.3) is 0 Å². The first-order valence-corrected chi connectivity index (χ1v) is 5.38. The van der Waals surface area contributed by atoms with Gasteiger partial charge >= 0.3 is 0 Å². The minimum atomic E-state index is -0.808. The maximum atomic E-state index is 13.2. The zero-order valence-corrected chi connectivity index (χ0v) is 10.1. The monoisotopic (exact) mass is 333 g/mol. The molecule has 3 nitrogen and oxygen atoms in total. The average molecular weight is 333 g/mol. The topological polar surface area (TPSA) is 51.8 Å². The summed E-state index contributed by atoms with van der Waals surface area (Å²) in [5, 5.41) is 0. The van der Waals surface area contributed by atoms with Gasteiger partial charge in [-0.2, -0.15) is 0 Å². The molecule has 16 heavy (non-hydrogen) atoms. The van der Waals surface area contributed by atoms with E-state index in [-0.39, 0.29) is 11.4 Å². The predicted octanol–water partition coefficient (Wildman–Crippen LogP) is 2.61. The predicted molar refractivity (Wildman–Crippen MR) is 64.5 cm³/mol. The van der Waals surface area contributed by atoms with Crippen LogP contribution < -0.4 is 5.73 Å². The highest BCUT2D eigenvalue weighted by Gasteiger charge is 2.10. The van der Waals surface area contributed by atoms with Gasteiger partial charge in [-0.1, -0.05) is 0 Å². The van der Waals surface area contributed by atoms with Crippen molar-refractivity contribution in [2.75, 3.05) is 5.73 Å². The minimum Gasteiger partial charge on any atom is -0.394 e. The van der Waals surface area contributed by atoms with Crippen molar-refractivity contribution in [1.82, 2.24) is 9.97 Å². The Hall–Kier alpha value is -1.31.